The molecular formula is C10H9BrN2O. The van der Waals surface area contributed by atoms with Crippen LogP contribution in [0, 0.1) is 6.92 Å². The Balaban J connectivity index is 2.51. The first-order valence-electron chi connectivity index (χ1n) is 4.15. The summed E-state index contributed by atoms with van der Waals surface area (Å²) in [5, 5.41) is 3.64. The van der Waals surface area contributed by atoms with Crippen molar-refractivity contribution in [3.63, 3.8) is 0 Å². The molecule has 0 spiro atoms. The monoisotopic (exact) mass is 252 g/mol. The van der Waals surface area contributed by atoms with Crippen molar-refractivity contribution in [1.82, 2.24) is 5.16 Å². The smallest absolute Gasteiger partial charge is 0.169 e. The fourth-order valence-corrected chi connectivity index (χ4v) is 1.91. The minimum Gasteiger partial charge on any atom is -0.381 e. The van der Waals surface area contributed by atoms with Gasteiger partial charge in [0.25, 0.3) is 0 Å². The van der Waals surface area contributed by atoms with Gasteiger partial charge >= 0.3 is 0 Å². The molecule has 2 N–H and O–H groups in total. The van der Waals surface area contributed by atoms with Gasteiger partial charge < -0.3 is 10.3 Å². The van der Waals surface area contributed by atoms with Gasteiger partial charge in [-0.05, 0) is 30.7 Å². The van der Waals surface area contributed by atoms with Crippen LogP contribution in [0.4, 0.5) is 5.82 Å². The molecule has 0 aliphatic rings. The lowest BCUT2D eigenvalue weighted by molar-refractivity contribution is 0.436. The highest BCUT2D eigenvalue weighted by Crippen LogP contribution is 2.25. The maximum atomic E-state index is 5.48. The van der Waals surface area contributed by atoms with Crippen LogP contribution in [0.5, 0.6) is 0 Å². The molecule has 0 fully saturated rings. The summed E-state index contributed by atoms with van der Waals surface area (Å²) in [6, 6.07) is 7.72. The molecule has 14 heavy (non-hydrogen) atoms. The van der Waals surface area contributed by atoms with Crippen LogP contribution in [0.3, 0.4) is 0 Å². The van der Waals surface area contributed by atoms with E-state index in [-0.39, 0.29) is 0 Å². The van der Waals surface area contributed by atoms with Gasteiger partial charge in [0, 0.05) is 16.1 Å². The number of anilines is 1. The van der Waals surface area contributed by atoms with Crippen LogP contribution < -0.4 is 5.73 Å². The second-order valence-electron chi connectivity index (χ2n) is 3.13. The van der Waals surface area contributed by atoms with Crippen LogP contribution in [0.25, 0.3) is 11.3 Å². The zero-order valence-electron chi connectivity index (χ0n) is 7.62. The predicted molar refractivity (Wildman–Crippen MR) is 58.8 cm³/mol. The predicted octanol–water partition coefficient (Wildman–Crippen LogP) is 2.99. The third kappa shape index (κ3) is 1.80. The van der Waals surface area contributed by atoms with Crippen molar-refractivity contribution in [3.05, 3.63) is 34.3 Å². The first kappa shape index (κ1) is 9.27. The highest BCUT2D eigenvalue weighted by molar-refractivity contribution is 9.10. The van der Waals surface area contributed by atoms with Crippen molar-refractivity contribution in [2.45, 2.75) is 6.92 Å². The minimum absolute atomic E-state index is 0.401. The number of benzene rings is 1. The van der Waals surface area contributed by atoms with E-state index in [2.05, 4.69) is 21.1 Å². The van der Waals surface area contributed by atoms with Gasteiger partial charge in [-0.1, -0.05) is 21.1 Å². The van der Waals surface area contributed by atoms with Gasteiger partial charge in [0.1, 0.15) is 0 Å². The SMILES string of the molecule is Cc1cc(Br)cc(-c2cc(N)no2)c1. The van der Waals surface area contributed by atoms with Gasteiger partial charge in [0.2, 0.25) is 0 Å². The summed E-state index contributed by atoms with van der Waals surface area (Å²) < 4.78 is 6.08. The Bertz CT molecular complexity index is 445. The quantitative estimate of drug-likeness (QED) is 0.849. The number of rotatable bonds is 1. The van der Waals surface area contributed by atoms with Crippen LogP contribution >= 0.6 is 15.9 Å². The molecule has 0 aliphatic carbocycles. The highest BCUT2D eigenvalue weighted by atomic mass is 79.9. The number of nitrogens with zero attached hydrogens (tertiary/aromatic N) is 1. The van der Waals surface area contributed by atoms with Crippen molar-refractivity contribution < 1.29 is 4.52 Å². The molecule has 4 heteroatoms. The second-order valence-corrected chi connectivity index (χ2v) is 4.05. The Morgan fingerprint density at radius 3 is 2.64 bits per heavy atom. The topological polar surface area (TPSA) is 52.0 Å². The molecule has 0 radical (unpaired) electrons. The summed E-state index contributed by atoms with van der Waals surface area (Å²) in [6.07, 6.45) is 0. The molecular weight excluding hydrogens is 244 g/mol. The maximum absolute atomic E-state index is 5.48. The molecule has 0 unspecified atom stereocenters. The Kier molecular flexibility index (Phi) is 2.29. The Morgan fingerprint density at radius 2 is 2.07 bits per heavy atom. The average Bonchev–Trinajstić information content (AvgIpc) is 2.50. The third-order valence-corrected chi connectivity index (χ3v) is 2.31. The number of hydrogen-bond acceptors (Lipinski definition) is 3. The molecule has 2 rings (SSSR count). The third-order valence-electron chi connectivity index (χ3n) is 1.86. The average molecular weight is 253 g/mol. The molecule has 3 nitrogen and oxygen atoms in total. The Labute approximate surface area is 90.0 Å². The molecule has 1 aromatic carbocycles. The molecule has 1 aromatic heterocycles. The molecule has 0 amide bonds. The maximum Gasteiger partial charge on any atom is 0.169 e. The van der Waals surface area contributed by atoms with Crippen LogP contribution in [0.1, 0.15) is 5.56 Å². The number of hydrogen-bond donors (Lipinski definition) is 1. The summed E-state index contributed by atoms with van der Waals surface area (Å²) >= 11 is 3.42. The molecule has 0 bridgehead atoms. The summed E-state index contributed by atoms with van der Waals surface area (Å²) in [5.41, 5.74) is 7.61. The van der Waals surface area contributed by atoms with Gasteiger partial charge in [-0.15, -0.1) is 0 Å². The summed E-state index contributed by atoms with van der Waals surface area (Å²) in [7, 11) is 0. The summed E-state index contributed by atoms with van der Waals surface area (Å²) in [6.45, 7) is 2.02. The van der Waals surface area contributed by atoms with Crippen LogP contribution in [-0.2, 0) is 0 Å². The zero-order valence-corrected chi connectivity index (χ0v) is 9.21. The summed E-state index contributed by atoms with van der Waals surface area (Å²) in [5.74, 6) is 1.09. The standard InChI is InChI=1S/C10H9BrN2O/c1-6-2-7(4-8(11)3-6)9-5-10(12)13-14-9/h2-5H,1H3,(H2,12,13). The van der Waals surface area contributed by atoms with Crippen molar-refractivity contribution in [2.75, 3.05) is 5.73 Å². The van der Waals surface area contributed by atoms with Gasteiger partial charge in [0.15, 0.2) is 11.6 Å². The normalized spacial score (nSPS) is 10.4. The molecule has 1 heterocycles. The van der Waals surface area contributed by atoms with E-state index in [4.69, 9.17) is 10.3 Å². The first-order chi connectivity index (χ1) is 6.65. The van der Waals surface area contributed by atoms with E-state index in [1.807, 2.05) is 25.1 Å². The van der Waals surface area contributed by atoms with Crippen LogP contribution in [0.15, 0.2) is 33.3 Å². The number of aromatic nitrogens is 1. The number of nitrogen functional groups attached to an aromatic ring is 1. The number of aryl methyl sites for hydroxylation is 1. The van der Waals surface area contributed by atoms with Crippen molar-refractivity contribution in [3.8, 4) is 11.3 Å². The lowest BCUT2D eigenvalue weighted by Crippen LogP contribution is -1.80. The zero-order chi connectivity index (χ0) is 10.1. The van der Waals surface area contributed by atoms with Crippen molar-refractivity contribution >= 4 is 21.7 Å². The molecule has 0 saturated carbocycles. The highest BCUT2D eigenvalue weighted by Gasteiger charge is 2.05. The summed E-state index contributed by atoms with van der Waals surface area (Å²) in [4.78, 5) is 0. The fourth-order valence-electron chi connectivity index (χ4n) is 1.30. The molecule has 0 saturated heterocycles. The van der Waals surface area contributed by atoms with Gasteiger partial charge in [0.05, 0.1) is 0 Å². The Hall–Kier alpha value is -1.29. The number of halogens is 1. The van der Waals surface area contributed by atoms with Gasteiger partial charge in [-0.3, -0.25) is 0 Å². The second kappa shape index (κ2) is 3.46. The lowest BCUT2D eigenvalue weighted by Gasteiger charge is -1.99. The van der Waals surface area contributed by atoms with E-state index in [0.717, 1.165) is 15.6 Å². The van der Waals surface area contributed by atoms with Gasteiger partial charge in [-0.2, -0.15) is 0 Å². The Morgan fingerprint density at radius 1 is 1.29 bits per heavy atom. The first-order valence-corrected chi connectivity index (χ1v) is 4.94. The number of nitrogens with two attached hydrogens (primary N) is 1. The van der Waals surface area contributed by atoms with Crippen LogP contribution in [0.2, 0.25) is 0 Å². The van der Waals surface area contributed by atoms with E-state index < -0.39 is 0 Å². The van der Waals surface area contributed by atoms with E-state index in [9.17, 15) is 0 Å². The van der Waals surface area contributed by atoms with E-state index in [1.165, 1.54) is 0 Å². The van der Waals surface area contributed by atoms with E-state index in [0.29, 0.717) is 11.6 Å². The fraction of sp³-hybridized carbons (Fsp3) is 0.100. The van der Waals surface area contributed by atoms with Crippen molar-refractivity contribution in [1.29, 1.82) is 0 Å². The van der Waals surface area contributed by atoms with Crippen molar-refractivity contribution in [2.24, 2.45) is 0 Å². The largest absolute Gasteiger partial charge is 0.381 e. The molecule has 0 atom stereocenters. The van der Waals surface area contributed by atoms with E-state index >= 15 is 0 Å². The minimum atomic E-state index is 0.401. The molecule has 0 aliphatic heterocycles. The van der Waals surface area contributed by atoms with Crippen LogP contribution in [-0.4, -0.2) is 5.16 Å². The lowest BCUT2D eigenvalue weighted by atomic mass is 10.1. The van der Waals surface area contributed by atoms with Gasteiger partial charge in [-0.25, -0.2) is 0 Å². The van der Waals surface area contributed by atoms with E-state index in [1.54, 1.807) is 6.07 Å². The molecule has 72 valence electrons. The molecule has 2 aromatic rings.